The Morgan fingerprint density at radius 3 is 2.58 bits per heavy atom. The number of oxime groups is 1. The van der Waals surface area contributed by atoms with Crippen molar-refractivity contribution in [2.24, 2.45) is 5.16 Å². The van der Waals surface area contributed by atoms with Crippen LogP contribution in [0.1, 0.15) is 33.6 Å². The van der Waals surface area contributed by atoms with Gasteiger partial charge in [-0.3, -0.25) is 4.72 Å². The van der Waals surface area contributed by atoms with Crippen LogP contribution in [-0.4, -0.2) is 20.4 Å². The zero-order valence-corrected chi connectivity index (χ0v) is 18.7. The number of sulfonamides is 1. The molecule has 7 heteroatoms. The smallest absolute Gasteiger partial charge is 0.233 e. The highest BCUT2D eigenvalue weighted by molar-refractivity contribution is 7.92. The van der Waals surface area contributed by atoms with Crippen molar-refractivity contribution in [3.05, 3.63) is 93.2 Å². The van der Waals surface area contributed by atoms with Gasteiger partial charge in [0, 0.05) is 16.0 Å². The first-order chi connectivity index (χ1) is 15.1. The summed E-state index contributed by atoms with van der Waals surface area (Å²) in [6.45, 7) is 0.604. The van der Waals surface area contributed by atoms with Crippen molar-refractivity contribution in [3.8, 4) is 0 Å². The fourth-order valence-electron chi connectivity index (χ4n) is 3.42. The minimum Gasteiger partial charge on any atom is -0.391 e. The first-order valence-electron chi connectivity index (χ1n) is 10.2. The lowest BCUT2D eigenvalue weighted by molar-refractivity contribution is 0.128. The van der Waals surface area contributed by atoms with Crippen molar-refractivity contribution in [3.63, 3.8) is 0 Å². The van der Waals surface area contributed by atoms with Gasteiger partial charge in [-0.2, -0.15) is 0 Å². The van der Waals surface area contributed by atoms with Gasteiger partial charge in [0.15, 0.2) is 0 Å². The topological polar surface area (TPSA) is 67.8 Å². The Hall–Kier alpha value is -2.90. The highest BCUT2D eigenvalue weighted by Gasteiger charge is 2.18. The summed E-state index contributed by atoms with van der Waals surface area (Å²) in [5, 5.41) is 5.86. The van der Waals surface area contributed by atoms with E-state index in [4.69, 9.17) is 4.84 Å². The molecule has 0 unspecified atom stereocenters. The molecule has 160 valence electrons. The molecule has 1 aliphatic carbocycles. The summed E-state index contributed by atoms with van der Waals surface area (Å²) < 4.78 is 24.7. The summed E-state index contributed by atoms with van der Waals surface area (Å²) in [5.74, 6) is 0.198. The van der Waals surface area contributed by atoms with Crippen LogP contribution < -0.4 is 4.72 Å². The Kier molecular flexibility index (Phi) is 6.84. The molecule has 0 spiro atoms. The summed E-state index contributed by atoms with van der Waals surface area (Å²) in [6, 6.07) is 17.8. The normalized spacial score (nSPS) is 16.5. The second kappa shape index (κ2) is 9.94. The number of allylic oxidation sites excluding steroid dienone is 1. The summed E-state index contributed by atoms with van der Waals surface area (Å²) in [7, 11) is -3.05. The number of fused-ring (bicyclic) bond motifs is 3. The van der Waals surface area contributed by atoms with Crippen LogP contribution in [0.2, 0.25) is 0 Å². The fourth-order valence-corrected chi connectivity index (χ4v) is 5.42. The van der Waals surface area contributed by atoms with Gasteiger partial charge >= 0.3 is 0 Å². The third-order valence-electron chi connectivity index (χ3n) is 5.09. The highest BCUT2D eigenvalue weighted by atomic mass is 32.2. The second-order valence-corrected chi connectivity index (χ2v) is 10.1. The van der Waals surface area contributed by atoms with E-state index >= 15 is 0 Å². The highest BCUT2D eigenvalue weighted by Crippen LogP contribution is 2.24. The molecule has 0 atom stereocenters. The molecule has 1 aromatic heterocycles. The molecule has 0 saturated heterocycles. The number of hydrogen-bond acceptors (Lipinski definition) is 5. The first kappa shape index (κ1) is 21.3. The van der Waals surface area contributed by atoms with E-state index in [2.05, 4.69) is 33.5 Å². The molecule has 2 aromatic carbocycles. The van der Waals surface area contributed by atoms with Gasteiger partial charge in [0.2, 0.25) is 10.0 Å². The van der Waals surface area contributed by atoms with Gasteiger partial charge in [0.05, 0.1) is 17.7 Å². The predicted molar refractivity (Wildman–Crippen MR) is 128 cm³/mol. The predicted octanol–water partition coefficient (Wildman–Crippen LogP) is 5.24. The number of nitrogens with zero attached hydrogens (tertiary/aromatic N) is 1. The second-order valence-electron chi connectivity index (χ2n) is 7.29. The zero-order valence-electron chi connectivity index (χ0n) is 17.0. The molecule has 6 rings (SSSR count). The minimum absolute atomic E-state index is 0.198. The van der Waals surface area contributed by atoms with Crippen LogP contribution in [0, 0.1) is 0 Å². The number of aryl methyl sites for hydroxylation is 2. The minimum atomic E-state index is -3.05. The van der Waals surface area contributed by atoms with E-state index in [0.29, 0.717) is 13.0 Å². The maximum atomic E-state index is 11.1. The van der Waals surface area contributed by atoms with Gasteiger partial charge < -0.3 is 4.84 Å². The van der Waals surface area contributed by atoms with Crippen LogP contribution in [0.3, 0.4) is 0 Å². The number of nitrogens with one attached hydrogen (secondary N) is 1. The van der Waals surface area contributed by atoms with Crippen molar-refractivity contribution in [1.82, 2.24) is 0 Å². The maximum absolute atomic E-state index is 11.1. The molecule has 2 aliphatic heterocycles. The summed E-state index contributed by atoms with van der Waals surface area (Å²) in [5.41, 5.74) is 5.70. The quantitative estimate of drug-likeness (QED) is 0.507. The molecular formula is C24H24N2O3S2. The van der Waals surface area contributed by atoms with Gasteiger partial charge in [-0.25, -0.2) is 8.42 Å². The molecule has 5 nitrogen and oxygen atoms in total. The molecule has 3 heterocycles. The molecule has 1 N–H and O–H groups in total. The molecule has 0 fully saturated rings. The maximum Gasteiger partial charge on any atom is 0.233 e. The van der Waals surface area contributed by atoms with E-state index < -0.39 is 10.0 Å². The molecule has 31 heavy (non-hydrogen) atoms. The molecule has 0 radical (unpaired) electrons. The van der Waals surface area contributed by atoms with E-state index in [1.807, 2.05) is 53.8 Å². The molecule has 0 saturated carbocycles. The van der Waals surface area contributed by atoms with Gasteiger partial charge in [-0.15, -0.1) is 11.3 Å². The van der Waals surface area contributed by atoms with Crippen LogP contribution >= 0.6 is 11.3 Å². The van der Waals surface area contributed by atoms with E-state index in [-0.39, 0.29) is 5.75 Å². The average molecular weight is 453 g/mol. The van der Waals surface area contributed by atoms with Gasteiger partial charge in [0.1, 0.15) is 6.61 Å². The lowest BCUT2D eigenvalue weighted by Crippen LogP contribution is -2.23. The van der Waals surface area contributed by atoms with Crippen LogP contribution in [0.5, 0.6) is 0 Å². The Balaban J connectivity index is 0.000000113. The molecule has 0 bridgehead atoms. The van der Waals surface area contributed by atoms with Crippen LogP contribution in [0.4, 0.5) is 5.69 Å². The Labute approximate surface area is 187 Å². The monoisotopic (exact) mass is 452 g/mol. The number of anilines is 1. The average Bonchev–Trinajstić information content (AvgIpc) is 3.28. The third kappa shape index (κ3) is 5.83. The SMILES string of the molecule is C1=Cc2sccc2CC1.C1=NOCc2ccccc21.O=S1(=O)CCc2ccccc2N1. The van der Waals surface area contributed by atoms with Crippen molar-refractivity contribution in [2.45, 2.75) is 25.9 Å². The summed E-state index contributed by atoms with van der Waals surface area (Å²) in [4.78, 5) is 6.32. The standard InChI is InChI=1S/C8H9NO2S.C8H7NO.C8H8S/c10-12(11)6-5-7-3-1-2-4-8(7)9-12;1-2-4-8-6-10-9-5-7(8)3-1;1-2-4-8-7(3-1)5-6-9-8/h1-4,9H,5-6H2;1-5H,6H2;2,4-6H,1,3H2. The molecule has 3 aliphatic rings. The van der Waals surface area contributed by atoms with Crippen molar-refractivity contribution < 1.29 is 13.3 Å². The number of thiophene rings is 1. The Morgan fingerprint density at radius 1 is 0.935 bits per heavy atom. The van der Waals surface area contributed by atoms with E-state index in [0.717, 1.165) is 16.8 Å². The zero-order chi connectivity index (χ0) is 21.5. The van der Waals surface area contributed by atoms with Crippen LogP contribution in [0.15, 0.2) is 71.2 Å². The van der Waals surface area contributed by atoms with Gasteiger partial charge in [-0.1, -0.05) is 53.7 Å². The largest absolute Gasteiger partial charge is 0.391 e. The Bertz CT molecular complexity index is 1200. The van der Waals surface area contributed by atoms with E-state index in [1.165, 1.54) is 28.8 Å². The Morgan fingerprint density at radius 2 is 1.74 bits per heavy atom. The van der Waals surface area contributed by atoms with Crippen LogP contribution in [-0.2, 0) is 34.3 Å². The van der Waals surface area contributed by atoms with E-state index in [1.54, 1.807) is 12.3 Å². The summed E-state index contributed by atoms with van der Waals surface area (Å²) in [6.07, 6.45) is 9.30. The fraction of sp³-hybridized carbons (Fsp3) is 0.208. The van der Waals surface area contributed by atoms with Crippen LogP contribution in [0.25, 0.3) is 6.08 Å². The van der Waals surface area contributed by atoms with Crippen molar-refractivity contribution in [2.75, 3.05) is 10.5 Å². The van der Waals surface area contributed by atoms with Crippen molar-refractivity contribution >= 4 is 39.3 Å². The van der Waals surface area contributed by atoms with Gasteiger partial charge in [-0.05, 0) is 54.0 Å². The van der Waals surface area contributed by atoms with Crippen molar-refractivity contribution in [1.29, 1.82) is 0 Å². The number of rotatable bonds is 0. The molecule has 3 aromatic rings. The molecular weight excluding hydrogens is 428 g/mol. The first-order valence-corrected chi connectivity index (χ1v) is 12.7. The molecule has 0 amide bonds. The third-order valence-corrected chi connectivity index (χ3v) is 7.29. The lowest BCUT2D eigenvalue weighted by Gasteiger charge is -2.17. The lowest BCUT2D eigenvalue weighted by atomic mass is 10.1. The number of para-hydroxylation sites is 1. The number of benzene rings is 2. The number of hydrogen-bond donors (Lipinski definition) is 1. The van der Waals surface area contributed by atoms with E-state index in [9.17, 15) is 8.42 Å². The summed E-state index contributed by atoms with van der Waals surface area (Å²) >= 11 is 1.84. The van der Waals surface area contributed by atoms with Gasteiger partial charge in [0.25, 0.3) is 0 Å².